The zero-order chi connectivity index (χ0) is 13.9. The van der Waals surface area contributed by atoms with E-state index in [2.05, 4.69) is 21.7 Å². The molecule has 0 radical (unpaired) electrons. The fraction of sp³-hybridized carbons (Fsp3) is 0.267. The summed E-state index contributed by atoms with van der Waals surface area (Å²) in [7, 11) is 0. The molecular weight excluding hydrogens is 254 g/mol. The molecule has 1 aromatic heterocycles. The van der Waals surface area contributed by atoms with Crippen molar-refractivity contribution in [2.75, 3.05) is 0 Å². The van der Waals surface area contributed by atoms with Crippen LogP contribution in [0.4, 0.5) is 0 Å². The van der Waals surface area contributed by atoms with Crippen LogP contribution in [0.25, 0.3) is 10.8 Å². The van der Waals surface area contributed by atoms with Gasteiger partial charge in [-0.15, -0.1) is 0 Å². The fourth-order valence-electron chi connectivity index (χ4n) is 2.37. The van der Waals surface area contributed by atoms with Gasteiger partial charge >= 0.3 is 0 Å². The number of benzene rings is 1. The Morgan fingerprint density at radius 2 is 2.15 bits per heavy atom. The van der Waals surface area contributed by atoms with E-state index in [0.29, 0.717) is 19.4 Å². The highest BCUT2D eigenvalue weighted by Crippen LogP contribution is 2.15. The monoisotopic (exact) mass is 269 g/mol. The number of carbonyl (C=O) groups is 2. The fourth-order valence-corrected chi connectivity index (χ4v) is 2.37. The number of hydrogen-bond donors (Lipinski definition) is 2. The van der Waals surface area contributed by atoms with Crippen molar-refractivity contribution in [1.82, 2.24) is 15.6 Å². The van der Waals surface area contributed by atoms with Gasteiger partial charge in [-0.25, -0.2) is 0 Å². The Balaban J connectivity index is 1.67. The minimum absolute atomic E-state index is 0.189. The highest BCUT2D eigenvalue weighted by Gasteiger charge is 2.25. The Hall–Kier alpha value is -2.27. The van der Waals surface area contributed by atoms with Gasteiger partial charge in [0.15, 0.2) is 0 Å². The van der Waals surface area contributed by atoms with Gasteiger partial charge in [-0.2, -0.15) is 0 Å². The van der Waals surface area contributed by atoms with Crippen molar-refractivity contribution >= 4 is 22.6 Å². The summed E-state index contributed by atoms with van der Waals surface area (Å²) in [6, 6.07) is 7.79. The van der Waals surface area contributed by atoms with Gasteiger partial charge in [-0.3, -0.25) is 19.9 Å². The largest absolute Gasteiger partial charge is 0.302 e. The predicted molar refractivity (Wildman–Crippen MR) is 74.8 cm³/mol. The van der Waals surface area contributed by atoms with Crippen molar-refractivity contribution in [2.45, 2.75) is 25.4 Å². The molecule has 1 atom stereocenters. The summed E-state index contributed by atoms with van der Waals surface area (Å²) in [6.45, 7) is 0.602. The van der Waals surface area contributed by atoms with Gasteiger partial charge in [0.2, 0.25) is 11.8 Å². The Labute approximate surface area is 116 Å². The summed E-state index contributed by atoms with van der Waals surface area (Å²) < 4.78 is 0. The molecule has 2 aromatic rings. The van der Waals surface area contributed by atoms with Crippen LogP contribution >= 0.6 is 0 Å². The molecule has 3 rings (SSSR count). The van der Waals surface area contributed by atoms with E-state index in [1.807, 2.05) is 24.4 Å². The van der Waals surface area contributed by atoms with E-state index in [0.717, 1.165) is 16.3 Å². The topological polar surface area (TPSA) is 71.1 Å². The molecule has 0 bridgehead atoms. The van der Waals surface area contributed by atoms with Crippen molar-refractivity contribution in [3.05, 3.63) is 42.2 Å². The second-order valence-electron chi connectivity index (χ2n) is 4.94. The highest BCUT2D eigenvalue weighted by molar-refractivity contribution is 6.00. The lowest BCUT2D eigenvalue weighted by molar-refractivity contribution is -0.134. The van der Waals surface area contributed by atoms with Crippen molar-refractivity contribution in [3.8, 4) is 0 Å². The number of pyridine rings is 1. The van der Waals surface area contributed by atoms with Crippen molar-refractivity contribution in [2.24, 2.45) is 0 Å². The average molecular weight is 269 g/mol. The molecule has 102 valence electrons. The molecule has 2 N–H and O–H groups in total. The molecule has 1 aromatic carbocycles. The SMILES string of the molecule is O=C1CCC(NCc2ccc3cnccc3c2)C(=O)N1. The molecule has 1 saturated heterocycles. The molecule has 1 aliphatic rings. The van der Waals surface area contributed by atoms with Crippen LogP contribution in [0.1, 0.15) is 18.4 Å². The van der Waals surface area contributed by atoms with Crippen molar-refractivity contribution in [3.63, 3.8) is 0 Å². The maximum Gasteiger partial charge on any atom is 0.243 e. The Kier molecular flexibility index (Phi) is 3.43. The van der Waals surface area contributed by atoms with Gasteiger partial charge in [0.1, 0.15) is 0 Å². The first-order valence-electron chi connectivity index (χ1n) is 6.62. The number of fused-ring (bicyclic) bond motifs is 1. The van der Waals surface area contributed by atoms with Crippen LogP contribution in [0.15, 0.2) is 36.7 Å². The molecule has 1 fully saturated rings. The molecule has 1 unspecified atom stereocenters. The summed E-state index contributed by atoms with van der Waals surface area (Å²) >= 11 is 0. The number of amides is 2. The lowest BCUT2D eigenvalue weighted by Gasteiger charge is -2.21. The van der Waals surface area contributed by atoms with Gasteiger partial charge in [-0.05, 0) is 29.5 Å². The minimum Gasteiger partial charge on any atom is -0.302 e. The van der Waals surface area contributed by atoms with Crippen LogP contribution < -0.4 is 10.6 Å². The first-order chi connectivity index (χ1) is 9.72. The van der Waals surface area contributed by atoms with Gasteiger partial charge in [0.25, 0.3) is 0 Å². The molecule has 2 heterocycles. The zero-order valence-corrected chi connectivity index (χ0v) is 10.9. The number of aromatic nitrogens is 1. The van der Waals surface area contributed by atoms with E-state index in [1.165, 1.54) is 0 Å². The van der Waals surface area contributed by atoms with E-state index >= 15 is 0 Å². The van der Waals surface area contributed by atoms with E-state index in [9.17, 15) is 9.59 Å². The van der Waals surface area contributed by atoms with Crippen molar-refractivity contribution in [1.29, 1.82) is 0 Å². The molecule has 5 nitrogen and oxygen atoms in total. The molecule has 1 aliphatic heterocycles. The van der Waals surface area contributed by atoms with Gasteiger partial charge in [0.05, 0.1) is 6.04 Å². The molecule has 0 saturated carbocycles. The second-order valence-corrected chi connectivity index (χ2v) is 4.94. The number of imide groups is 1. The third kappa shape index (κ3) is 2.67. The lowest BCUT2D eigenvalue weighted by atomic mass is 10.0. The number of piperidine rings is 1. The van der Waals surface area contributed by atoms with Crippen molar-refractivity contribution < 1.29 is 9.59 Å². The van der Waals surface area contributed by atoms with Crippen LogP contribution in [0.5, 0.6) is 0 Å². The Bertz CT molecular complexity index is 669. The normalized spacial score (nSPS) is 19.1. The summed E-state index contributed by atoms with van der Waals surface area (Å²) in [5, 5.41) is 7.76. The quantitative estimate of drug-likeness (QED) is 0.819. The van der Waals surface area contributed by atoms with E-state index in [4.69, 9.17) is 0 Å². The van der Waals surface area contributed by atoms with E-state index < -0.39 is 0 Å². The summed E-state index contributed by atoms with van der Waals surface area (Å²) in [5.41, 5.74) is 1.11. The first-order valence-corrected chi connectivity index (χ1v) is 6.62. The van der Waals surface area contributed by atoms with Gasteiger partial charge < -0.3 is 5.32 Å². The number of rotatable bonds is 3. The van der Waals surface area contributed by atoms with Crippen LogP contribution in [0, 0.1) is 0 Å². The molecule has 5 heteroatoms. The van der Waals surface area contributed by atoms with Gasteiger partial charge in [-0.1, -0.05) is 12.1 Å². The molecular formula is C15H15N3O2. The lowest BCUT2D eigenvalue weighted by Crippen LogP contribution is -2.50. The van der Waals surface area contributed by atoms with E-state index in [1.54, 1.807) is 6.20 Å². The Morgan fingerprint density at radius 3 is 3.00 bits per heavy atom. The highest BCUT2D eigenvalue weighted by atomic mass is 16.2. The minimum atomic E-state index is -0.291. The number of nitrogens with one attached hydrogen (secondary N) is 2. The molecule has 0 spiro atoms. The van der Waals surface area contributed by atoms with Crippen LogP contribution in [-0.4, -0.2) is 22.8 Å². The molecule has 0 aliphatic carbocycles. The van der Waals surface area contributed by atoms with Gasteiger partial charge in [0, 0.05) is 30.7 Å². The summed E-state index contributed by atoms with van der Waals surface area (Å²) in [6.07, 6.45) is 4.54. The average Bonchev–Trinajstić information content (AvgIpc) is 2.46. The smallest absolute Gasteiger partial charge is 0.243 e. The molecule has 2 amide bonds. The maximum absolute atomic E-state index is 11.6. The number of nitrogens with zero attached hydrogens (tertiary/aromatic N) is 1. The van der Waals surface area contributed by atoms with Crippen LogP contribution in [-0.2, 0) is 16.1 Å². The third-order valence-corrected chi connectivity index (χ3v) is 3.50. The van der Waals surface area contributed by atoms with E-state index in [-0.39, 0.29) is 17.9 Å². The first kappa shape index (κ1) is 12.7. The number of carbonyl (C=O) groups excluding carboxylic acids is 2. The second kappa shape index (κ2) is 5.38. The van der Waals surface area contributed by atoms with Crippen LogP contribution in [0.3, 0.4) is 0 Å². The standard InChI is InChI=1S/C15H15N3O2/c19-14-4-3-13(15(20)18-14)17-8-10-1-2-12-9-16-6-5-11(12)7-10/h1-2,5-7,9,13,17H,3-4,8H2,(H,18,19,20). The summed E-state index contributed by atoms with van der Waals surface area (Å²) in [4.78, 5) is 26.8. The maximum atomic E-state index is 11.6. The Morgan fingerprint density at radius 1 is 1.25 bits per heavy atom. The third-order valence-electron chi connectivity index (χ3n) is 3.50. The summed E-state index contributed by atoms with van der Waals surface area (Å²) in [5.74, 6) is -0.419. The van der Waals surface area contributed by atoms with Crippen LogP contribution in [0.2, 0.25) is 0 Å². The zero-order valence-electron chi connectivity index (χ0n) is 10.9. The predicted octanol–water partition coefficient (Wildman–Crippen LogP) is 1.13. The number of hydrogen-bond acceptors (Lipinski definition) is 4. The molecule has 20 heavy (non-hydrogen) atoms.